The molecule has 2 aliphatic rings. The maximum Gasteiger partial charge on any atom is 0.215 e. The third-order valence-electron chi connectivity index (χ3n) is 4.39. The molecule has 0 spiro atoms. The summed E-state index contributed by atoms with van der Waals surface area (Å²) in [6, 6.07) is 10.4. The Morgan fingerprint density at radius 1 is 1.20 bits per heavy atom. The van der Waals surface area contributed by atoms with Gasteiger partial charge in [0.15, 0.2) is 0 Å². The van der Waals surface area contributed by atoms with Gasteiger partial charge >= 0.3 is 0 Å². The van der Waals surface area contributed by atoms with Gasteiger partial charge in [-0.3, -0.25) is 0 Å². The van der Waals surface area contributed by atoms with Crippen LogP contribution in [0.4, 0.5) is 0 Å². The molecule has 110 valence electrons. The topological polar surface area (TPSA) is 49.4 Å². The lowest BCUT2D eigenvalue weighted by atomic mass is 9.99. The Morgan fingerprint density at radius 3 is 2.70 bits per heavy atom. The Hall–Kier alpha value is -0.910. The number of nitrogens with zero attached hydrogens (tertiary/aromatic N) is 1. The molecule has 1 aromatic carbocycles. The smallest absolute Gasteiger partial charge is 0.215 e. The monoisotopic (exact) mass is 294 g/mol. The summed E-state index contributed by atoms with van der Waals surface area (Å²) in [6.45, 7) is 2.25. The van der Waals surface area contributed by atoms with Crippen LogP contribution in [0.2, 0.25) is 0 Å². The van der Waals surface area contributed by atoms with Crippen LogP contribution in [0.3, 0.4) is 0 Å². The number of hydrogen-bond acceptors (Lipinski definition) is 3. The zero-order chi connectivity index (χ0) is 14.0. The molecular formula is C15H22N2O2S. The van der Waals surface area contributed by atoms with E-state index in [0.717, 1.165) is 25.8 Å². The molecule has 0 bridgehead atoms. The molecule has 4 nitrogen and oxygen atoms in total. The first kappa shape index (κ1) is 14.0. The van der Waals surface area contributed by atoms with Crippen molar-refractivity contribution in [2.75, 3.05) is 25.4 Å². The zero-order valence-electron chi connectivity index (χ0n) is 11.7. The van der Waals surface area contributed by atoms with E-state index in [1.165, 1.54) is 5.56 Å². The lowest BCUT2D eigenvalue weighted by molar-refractivity contribution is 0.465. The van der Waals surface area contributed by atoms with Gasteiger partial charge in [0.1, 0.15) is 0 Å². The van der Waals surface area contributed by atoms with Crippen molar-refractivity contribution in [3.8, 4) is 0 Å². The summed E-state index contributed by atoms with van der Waals surface area (Å²) in [5.41, 5.74) is 1.25. The van der Waals surface area contributed by atoms with Crippen molar-refractivity contribution in [3.05, 3.63) is 35.9 Å². The second kappa shape index (κ2) is 5.84. The second-order valence-corrected chi connectivity index (χ2v) is 7.84. The first-order valence-corrected chi connectivity index (χ1v) is 9.02. The van der Waals surface area contributed by atoms with Crippen LogP contribution in [-0.4, -0.2) is 44.2 Å². The number of benzene rings is 1. The highest BCUT2D eigenvalue weighted by Crippen LogP contribution is 2.29. The fourth-order valence-corrected chi connectivity index (χ4v) is 5.03. The summed E-state index contributed by atoms with van der Waals surface area (Å²) < 4.78 is 26.6. The van der Waals surface area contributed by atoms with Crippen molar-refractivity contribution in [1.29, 1.82) is 0 Å². The highest BCUT2D eigenvalue weighted by atomic mass is 32.2. The molecule has 5 heteroatoms. The van der Waals surface area contributed by atoms with E-state index in [4.69, 9.17) is 0 Å². The summed E-state index contributed by atoms with van der Waals surface area (Å²) in [5, 5.41) is 3.27. The van der Waals surface area contributed by atoms with Gasteiger partial charge in [-0.05, 0) is 37.3 Å². The molecular weight excluding hydrogens is 272 g/mol. The van der Waals surface area contributed by atoms with Crippen molar-refractivity contribution in [1.82, 2.24) is 9.62 Å². The minimum atomic E-state index is -3.11. The predicted octanol–water partition coefficient (Wildman–Crippen LogP) is 1.56. The van der Waals surface area contributed by atoms with E-state index >= 15 is 0 Å². The molecule has 0 aliphatic carbocycles. The first-order valence-electron chi connectivity index (χ1n) is 7.41. The van der Waals surface area contributed by atoms with Crippen LogP contribution in [0.5, 0.6) is 0 Å². The highest BCUT2D eigenvalue weighted by molar-refractivity contribution is 7.89. The molecule has 2 saturated heterocycles. The molecule has 0 saturated carbocycles. The molecule has 0 radical (unpaired) electrons. The Kier molecular flexibility index (Phi) is 4.10. The van der Waals surface area contributed by atoms with Crippen LogP contribution >= 0.6 is 0 Å². The maximum absolute atomic E-state index is 12.5. The molecule has 3 rings (SSSR count). The van der Waals surface area contributed by atoms with Gasteiger partial charge in [-0.25, -0.2) is 12.7 Å². The standard InChI is InChI=1S/C15H22N2O2S/c18-20(19,12-15-7-4-9-16-15)17-10-8-14(11-17)13-5-2-1-3-6-13/h1-3,5-6,14-16H,4,7-12H2. The molecule has 2 aliphatic heterocycles. The van der Waals surface area contributed by atoms with Gasteiger partial charge in [-0.15, -0.1) is 0 Å². The number of hydrogen-bond donors (Lipinski definition) is 1. The fraction of sp³-hybridized carbons (Fsp3) is 0.600. The summed E-state index contributed by atoms with van der Waals surface area (Å²) >= 11 is 0. The maximum atomic E-state index is 12.5. The van der Waals surface area contributed by atoms with E-state index in [1.807, 2.05) is 18.2 Å². The minimum Gasteiger partial charge on any atom is -0.313 e. The van der Waals surface area contributed by atoms with E-state index < -0.39 is 10.0 Å². The van der Waals surface area contributed by atoms with Gasteiger partial charge in [0.2, 0.25) is 10.0 Å². The van der Waals surface area contributed by atoms with Crippen molar-refractivity contribution in [2.24, 2.45) is 0 Å². The molecule has 0 aromatic heterocycles. The van der Waals surface area contributed by atoms with Gasteiger partial charge in [-0.2, -0.15) is 0 Å². The lowest BCUT2D eigenvalue weighted by Crippen LogP contribution is -2.38. The number of rotatable bonds is 4. The molecule has 0 amide bonds. The predicted molar refractivity (Wildman–Crippen MR) is 80.2 cm³/mol. The summed E-state index contributed by atoms with van der Waals surface area (Å²) in [7, 11) is -3.11. The Bertz CT molecular complexity index is 538. The van der Waals surface area contributed by atoms with Gasteiger partial charge in [0.05, 0.1) is 5.75 Å². The fourth-order valence-electron chi connectivity index (χ4n) is 3.24. The summed E-state index contributed by atoms with van der Waals surface area (Å²) in [6.07, 6.45) is 3.00. The zero-order valence-corrected chi connectivity index (χ0v) is 12.5. The van der Waals surface area contributed by atoms with Crippen LogP contribution in [0.25, 0.3) is 0 Å². The summed E-state index contributed by atoms with van der Waals surface area (Å²) in [4.78, 5) is 0. The van der Waals surface area contributed by atoms with E-state index in [-0.39, 0.29) is 11.8 Å². The van der Waals surface area contributed by atoms with Crippen molar-refractivity contribution in [2.45, 2.75) is 31.2 Å². The van der Waals surface area contributed by atoms with Gasteiger partial charge < -0.3 is 5.32 Å². The van der Waals surface area contributed by atoms with Gasteiger partial charge in [0.25, 0.3) is 0 Å². The third kappa shape index (κ3) is 3.05. The number of sulfonamides is 1. The molecule has 20 heavy (non-hydrogen) atoms. The SMILES string of the molecule is O=S(=O)(CC1CCCN1)N1CCC(c2ccccc2)C1. The van der Waals surface area contributed by atoms with Crippen LogP contribution in [0.1, 0.15) is 30.7 Å². The van der Waals surface area contributed by atoms with E-state index in [0.29, 0.717) is 19.0 Å². The van der Waals surface area contributed by atoms with Crippen LogP contribution < -0.4 is 5.32 Å². The van der Waals surface area contributed by atoms with E-state index in [2.05, 4.69) is 17.4 Å². The molecule has 1 N–H and O–H groups in total. The number of nitrogens with one attached hydrogen (secondary N) is 1. The van der Waals surface area contributed by atoms with Crippen LogP contribution in [0.15, 0.2) is 30.3 Å². The van der Waals surface area contributed by atoms with Crippen LogP contribution in [-0.2, 0) is 10.0 Å². The van der Waals surface area contributed by atoms with E-state index in [1.54, 1.807) is 4.31 Å². The molecule has 2 atom stereocenters. The van der Waals surface area contributed by atoms with Gasteiger partial charge in [-0.1, -0.05) is 30.3 Å². The Balaban J connectivity index is 1.64. The lowest BCUT2D eigenvalue weighted by Gasteiger charge is -2.19. The minimum absolute atomic E-state index is 0.149. The van der Waals surface area contributed by atoms with Crippen molar-refractivity contribution in [3.63, 3.8) is 0 Å². The molecule has 2 fully saturated rings. The summed E-state index contributed by atoms with van der Waals surface area (Å²) in [5.74, 6) is 0.608. The third-order valence-corrected chi connectivity index (χ3v) is 6.33. The normalized spacial score (nSPS) is 28.0. The Morgan fingerprint density at radius 2 is 2.00 bits per heavy atom. The quantitative estimate of drug-likeness (QED) is 0.917. The second-order valence-electron chi connectivity index (χ2n) is 5.83. The molecule has 2 unspecified atom stereocenters. The van der Waals surface area contributed by atoms with Crippen molar-refractivity contribution < 1.29 is 8.42 Å². The van der Waals surface area contributed by atoms with E-state index in [9.17, 15) is 8.42 Å². The van der Waals surface area contributed by atoms with Crippen molar-refractivity contribution >= 4 is 10.0 Å². The molecule has 1 aromatic rings. The average Bonchev–Trinajstić information content (AvgIpc) is 3.10. The van der Waals surface area contributed by atoms with Gasteiger partial charge in [0, 0.05) is 19.1 Å². The molecule has 2 heterocycles. The Labute approximate surface area is 121 Å². The first-order chi connectivity index (χ1) is 9.65. The average molecular weight is 294 g/mol. The highest BCUT2D eigenvalue weighted by Gasteiger charge is 2.34. The largest absolute Gasteiger partial charge is 0.313 e. The van der Waals surface area contributed by atoms with Crippen LogP contribution in [0, 0.1) is 0 Å².